The molecule has 6 heteroatoms. The Bertz CT molecular complexity index is 410. The van der Waals surface area contributed by atoms with Gasteiger partial charge in [-0.15, -0.1) is 0 Å². The molecule has 0 saturated heterocycles. The van der Waals surface area contributed by atoms with Gasteiger partial charge in [-0.25, -0.2) is 4.39 Å². The molecule has 0 aromatic heterocycles. The van der Waals surface area contributed by atoms with Crippen LogP contribution in [0.1, 0.15) is 5.56 Å². The summed E-state index contributed by atoms with van der Waals surface area (Å²) in [5.74, 6) is -0.556. The second-order valence-electron chi connectivity index (χ2n) is 3.56. The van der Waals surface area contributed by atoms with E-state index in [2.05, 4.69) is 5.16 Å². The van der Waals surface area contributed by atoms with Gasteiger partial charge in [-0.3, -0.25) is 0 Å². The molecule has 0 bridgehead atoms. The molecule has 1 aromatic carbocycles. The molecule has 0 amide bonds. The second kappa shape index (κ2) is 6.05. The number of hydrogen-bond donors (Lipinski definition) is 2. The number of nitrogens with zero attached hydrogens (tertiary/aromatic N) is 2. The summed E-state index contributed by atoms with van der Waals surface area (Å²) in [6, 6.07) is 4.14. The standard InChI is InChI=1S/C11H16FN3O2/c1-15(5-6-17-2)10-4-3-8(12)7-9(10)11(13)14-16/h3-4,7,16H,5-6H2,1-2H3,(H2,13,14). The molecule has 0 saturated carbocycles. The predicted octanol–water partition coefficient (Wildman–Crippen LogP) is 1.00. The highest BCUT2D eigenvalue weighted by molar-refractivity contribution is 6.02. The fourth-order valence-corrected chi connectivity index (χ4v) is 1.45. The number of amidine groups is 1. The Labute approximate surface area is 99.3 Å². The predicted molar refractivity (Wildman–Crippen MR) is 64.1 cm³/mol. The van der Waals surface area contributed by atoms with Crippen LogP contribution in [0.5, 0.6) is 0 Å². The maximum atomic E-state index is 13.1. The van der Waals surface area contributed by atoms with Crippen molar-refractivity contribution in [1.29, 1.82) is 0 Å². The number of methoxy groups -OCH3 is 1. The smallest absolute Gasteiger partial charge is 0.172 e. The minimum Gasteiger partial charge on any atom is -0.409 e. The monoisotopic (exact) mass is 241 g/mol. The fourth-order valence-electron chi connectivity index (χ4n) is 1.45. The number of anilines is 1. The third kappa shape index (κ3) is 3.32. The molecule has 0 fully saturated rings. The molecule has 0 aliphatic heterocycles. The number of ether oxygens (including phenoxy) is 1. The van der Waals surface area contributed by atoms with Crippen LogP contribution in [0.3, 0.4) is 0 Å². The highest BCUT2D eigenvalue weighted by Gasteiger charge is 2.12. The van der Waals surface area contributed by atoms with Crippen molar-refractivity contribution in [3.05, 3.63) is 29.6 Å². The minimum atomic E-state index is -0.435. The number of benzene rings is 1. The summed E-state index contributed by atoms with van der Waals surface area (Å²) in [6.45, 7) is 1.15. The maximum absolute atomic E-state index is 13.1. The van der Waals surface area contributed by atoms with Crippen LogP contribution in [-0.2, 0) is 4.74 Å². The average Bonchev–Trinajstić information content (AvgIpc) is 2.34. The van der Waals surface area contributed by atoms with Crippen molar-refractivity contribution in [1.82, 2.24) is 0 Å². The summed E-state index contributed by atoms with van der Waals surface area (Å²) in [5.41, 5.74) is 6.54. The maximum Gasteiger partial charge on any atom is 0.172 e. The van der Waals surface area contributed by atoms with E-state index >= 15 is 0 Å². The van der Waals surface area contributed by atoms with Crippen LogP contribution in [0.15, 0.2) is 23.4 Å². The lowest BCUT2D eigenvalue weighted by atomic mass is 10.1. The average molecular weight is 241 g/mol. The topological polar surface area (TPSA) is 71.1 Å². The van der Waals surface area contributed by atoms with Gasteiger partial charge in [0.15, 0.2) is 5.84 Å². The molecule has 17 heavy (non-hydrogen) atoms. The van der Waals surface area contributed by atoms with Gasteiger partial charge in [0.25, 0.3) is 0 Å². The Morgan fingerprint density at radius 3 is 2.88 bits per heavy atom. The van der Waals surface area contributed by atoms with Crippen LogP contribution in [0.4, 0.5) is 10.1 Å². The SMILES string of the molecule is COCCN(C)c1ccc(F)cc1C(N)=NO. The lowest BCUT2D eigenvalue weighted by Crippen LogP contribution is -2.26. The Morgan fingerprint density at radius 1 is 1.59 bits per heavy atom. The zero-order chi connectivity index (χ0) is 12.8. The summed E-state index contributed by atoms with van der Waals surface area (Å²) >= 11 is 0. The van der Waals surface area contributed by atoms with Crippen LogP contribution in [-0.4, -0.2) is 38.4 Å². The molecule has 1 rings (SSSR count). The Hall–Kier alpha value is -1.82. The highest BCUT2D eigenvalue weighted by Crippen LogP contribution is 2.20. The molecule has 0 aliphatic rings. The van der Waals surface area contributed by atoms with Crippen LogP contribution in [0.25, 0.3) is 0 Å². The third-order valence-corrected chi connectivity index (χ3v) is 2.38. The van der Waals surface area contributed by atoms with Crippen LogP contribution in [0.2, 0.25) is 0 Å². The second-order valence-corrected chi connectivity index (χ2v) is 3.56. The van der Waals surface area contributed by atoms with Crippen LogP contribution >= 0.6 is 0 Å². The summed E-state index contributed by atoms with van der Waals surface area (Å²) in [7, 11) is 3.42. The molecule has 0 spiro atoms. The first-order valence-electron chi connectivity index (χ1n) is 5.07. The van der Waals surface area contributed by atoms with Crippen LogP contribution in [0, 0.1) is 5.82 Å². The molecule has 0 heterocycles. The lowest BCUT2D eigenvalue weighted by molar-refractivity contribution is 0.206. The van der Waals surface area contributed by atoms with E-state index in [4.69, 9.17) is 15.7 Å². The molecule has 0 unspecified atom stereocenters. The van der Waals surface area contributed by atoms with Crippen LogP contribution < -0.4 is 10.6 Å². The zero-order valence-electron chi connectivity index (χ0n) is 9.85. The molecule has 0 radical (unpaired) electrons. The number of oxime groups is 1. The number of likely N-dealkylation sites (N-methyl/N-ethyl adjacent to an activating group) is 1. The molecule has 3 N–H and O–H groups in total. The molecule has 94 valence electrons. The van der Waals surface area contributed by atoms with Crippen molar-refractivity contribution in [2.75, 3.05) is 32.2 Å². The van der Waals surface area contributed by atoms with Gasteiger partial charge < -0.3 is 20.6 Å². The molecular weight excluding hydrogens is 225 g/mol. The zero-order valence-corrected chi connectivity index (χ0v) is 9.85. The lowest BCUT2D eigenvalue weighted by Gasteiger charge is -2.21. The van der Waals surface area contributed by atoms with E-state index in [1.165, 1.54) is 12.1 Å². The summed E-state index contributed by atoms with van der Waals surface area (Å²) in [5, 5.41) is 11.6. The summed E-state index contributed by atoms with van der Waals surface area (Å²) < 4.78 is 18.1. The van der Waals surface area contributed by atoms with Gasteiger partial charge >= 0.3 is 0 Å². The van der Waals surface area contributed by atoms with Gasteiger partial charge in [0.2, 0.25) is 0 Å². The van der Waals surface area contributed by atoms with Gasteiger partial charge in [-0.2, -0.15) is 0 Å². The number of halogens is 1. The van der Waals surface area contributed by atoms with Gasteiger partial charge in [-0.1, -0.05) is 5.16 Å². The van der Waals surface area contributed by atoms with Crippen molar-refractivity contribution in [2.24, 2.45) is 10.9 Å². The fraction of sp³-hybridized carbons (Fsp3) is 0.364. The first-order valence-corrected chi connectivity index (χ1v) is 5.07. The molecule has 0 aliphatic carbocycles. The van der Waals surface area contributed by atoms with E-state index in [1.54, 1.807) is 13.2 Å². The Kier molecular flexibility index (Phi) is 4.71. The van der Waals surface area contributed by atoms with Gasteiger partial charge in [0.05, 0.1) is 6.61 Å². The van der Waals surface area contributed by atoms with Gasteiger partial charge in [0, 0.05) is 32.0 Å². The molecule has 0 atom stereocenters. The number of rotatable bonds is 5. The van der Waals surface area contributed by atoms with Crippen molar-refractivity contribution in [3.8, 4) is 0 Å². The van der Waals surface area contributed by atoms with E-state index in [0.29, 0.717) is 24.4 Å². The van der Waals surface area contributed by atoms with Crippen molar-refractivity contribution in [2.45, 2.75) is 0 Å². The normalized spacial score (nSPS) is 11.6. The number of hydrogen-bond acceptors (Lipinski definition) is 4. The molecule has 1 aromatic rings. The van der Waals surface area contributed by atoms with Crippen molar-refractivity contribution in [3.63, 3.8) is 0 Å². The molecular formula is C11H16FN3O2. The Balaban J connectivity index is 3.05. The summed E-state index contributed by atoms with van der Waals surface area (Å²) in [4.78, 5) is 1.84. The molecule has 5 nitrogen and oxygen atoms in total. The number of nitrogens with two attached hydrogens (primary N) is 1. The largest absolute Gasteiger partial charge is 0.409 e. The quantitative estimate of drug-likeness (QED) is 0.349. The van der Waals surface area contributed by atoms with E-state index in [1.807, 2.05) is 11.9 Å². The van der Waals surface area contributed by atoms with E-state index in [-0.39, 0.29) is 5.84 Å². The minimum absolute atomic E-state index is 0.122. The van der Waals surface area contributed by atoms with Gasteiger partial charge in [-0.05, 0) is 18.2 Å². The Morgan fingerprint density at radius 2 is 2.29 bits per heavy atom. The first kappa shape index (κ1) is 13.2. The van der Waals surface area contributed by atoms with E-state index in [0.717, 1.165) is 0 Å². The first-order chi connectivity index (χ1) is 8.10. The van der Waals surface area contributed by atoms with E-state index in [9.17, 15) is 4.39 Å². The highest BCUT2D eigenvalue weighted by atomic mass is 19.1. The van der Waals surface area contributed by atoms with Crippen molar-refractivity contribution < 1.29 is 14.3 Å². The van der Waals surface area contributed by atoms with Crippen molar-refractivity contribution >= 4 is 11.5 Å². The van der Waals surface area contributed by atoms with E-state index < -0.39 is 5.82 Å². The third-order valence-electron chi connectivity index (χ3n) is 2.38. The summed E-state index contributed by atoms with van der Waals surface area (Å²) in [6.07, 6.45) is 0. The van der Waals surface area contributed by atoms with Gasteiger partial charge in [0.1, 0.15) is 5.82 Å².